The molecule has 0 bridgehead atoms. The summed E-state index contributed by atoms with van der Waals surface area (Å²) < 4.78 is 28.4. The largest absolute Gasteiger partial charge is 0.491 e. The fraction of sp³-hybridized carbons (Fsp3) is 0.538. The first-order valence-corrected chi connectivity index (χ1v) is 8.44. The van der Waals surface area contributed by atoms with Gasteiger partial charge in [0.2, 0.25) is 0 Å². The Labute approximate surface area is 119 Å². The van der Waals surface area contributed by atoms with Crippen molar-refractivity contribution in [2.75, 3.05) is 18.1 Å². The summed E-state index contributed by atoms with van der Waals surface area (Å²) in [5.41, 5.74) is 6.66. The fourth-order valence-electron chi connectivity index (χ4n) is 1.61. The molecule has 1 aromatic carbocycles. The minimum atomic E-state index is -3.02. The summed E-state index contributed by atoms with van der Waals surface area (Å²) in [7, 11) is -3.02. The molecule has 2 N–H and O–H groups in total. The van der Waals surface area contributed by atoms with Crippen LogP contribution in [0.5, 0.6) is 5.75 Å². The lowest BCUT2D eigenvalue weighted by Gasteiger charge is -2.11. The molecule has 6 heteroatoms. The Hall–Kier alpha value is -0.780. The smallest absolute Gasteiger partial charge is 0.153 e. The minimum absolute atomic E-state index is 0.00616. The molecule has 0 unspecified atom stereocenters. The molecule has 4 nitrogen and oxygen atoms in total. The molecule has 0 aliphatic heterocycles. The summed E-state index contributed by atoms with van der Waals surface area (Å²) in [4.78, 5) is 0. The molecule has 19 heavy (non-hydrogen) atoms. The first kappa shape index (κ1) is 16.3. The Kier molecular flexibility index (Phi) is 6.10. The van der Waals surface area contributed by atoms with Crippen LogP contribution in [-0.2, 0) is 9.84 Å². The second kappa shape index (κ2) is 7.12. The number of benzene rings is 1. The monoisotopic (exact) mass is 305 g/mol. The van der Waals surface area contributed by atoms with Crippen LogP contribution in [0.2, 0.25) is 5.02 Å². The van der Waals surface area contributed by atoms with Crippen molar-refractivity contribution >= 4 is 21.4 Å². The van der Waals surface area contributed by atoms with Crippen molar-refractivity contribution in [3.05, 3.63) is 28.8 Å². The first-order valence-electron chi connectivity index (χ1n) is 6.24. The second-order valence-electron chi connectivity index (χ2n) is 4.48. The van der Waals surface area contributed by atoms with Gasteiger partial charge in [-0.05, 0) is 31.0 Å². The van der Waals surface area contributed by atoms with Gasteiger partial charge in [0.1, 0.15) is 12.4 Å². The van der Waals surface area contributed by atoms with E-state index < -0.39 is 9.84 Å². The van der Waals surface area contributed by atoms with Gasteiger partial charge in [0.05, 0.1) is 16.5 Å². The van der Waals surface area contributed by atoms with Gasteiger partial charge in [-0.15, -0.1) is 0 Å². The molecular weight excluding hydrogens is 286 g/mol. The molecule has 0 heterocycles. The minimum Gasteiger partial charge on any atom is -0.491 e. The third kappa shape index (κ3) is 5.38. The molecule has 0 aliphatic carbocycles. The van der Waals surface area contributed by atoms with Crippen molar-refractivity contribution in [3.8, 4) is 5.75 Å². The molecule has 0 radical (unpaired) electrons. The third-order valence-corrected chi connectivity index (χ3v) is 4.76. The van der Waals surface area contributed by atoms with E-state index >= 15 is 0 Å². The van der Waals surface area contributed by atoms with Crippen LogP contribution in [0.25, 0.3) is 0 Å². The Morgan fingerprint density at radius 3 is 2.58 bits per heavy atom. The van der Waals surface area contributed by atoms with E-state index in [9.17, 15) is 8.42 Å². The van der Waals surface area contributed by atoms with Gasteiger partial charge in [-0.1, -0.05) is 24.6 Å². The average molecular weight is 306 g/mol. The molecule has 0 amide bonds. The van der Waals surface area contributed by atoms with E-state index in [1.54, 1.807) is 12.1 Å². The van der Waals surface area contributed by atoms with Gasteiger partial charge in [-0.2, -0.15) is 0 Å². The normalized spacial score (nSPS) is 13.3. The SMILES string of the molecule is CCCS(=O)(=O)CCOc1ccc([C@H](C)N)cc1Cl. The van der Waals surface area contributed by atoms with E-state index in [0.717, 1.165) is 5.56 Å². The first-order chi connectivity index (χ1) is 8.85. The highest BCUT2D eigenvalue weighted by Crippen LogP contribution is 2.27. The van der Waals surface area contributed by atoms with Gasteiger partial charge < -0.3 is 10.5 Å². The van der Waals surface area contributed by atoms with Gasteiger partial charge in [0.25, 0.3) is 0 Å². The summed E-state index contributed by atoms with van der Waals surface area (Å²) >= 11 is 6.05. The number of hydrogen-bond donors (Lipinski definition) is 1. The Bertz CT molecular complexity index is 515. The maximum atomic E-state index is 11.5. The van der Waals surface area contributed by atoms with E-state index in [0.29, 0.717) is 17.2 Å². The van der Waals surface area contributed by atoms with Gasteiger partial charge in [-0.25, -0.2) is 8.42 Å². The highest BCUT2D eigenvalue weighted by molar-refractivity contribution is 7.91. The number of ether oxygens (including phenoxy) is 1. The predicted octanol–water partition coefficient (Wildman–Crippen LogP) is 2.56. The predicted molar refractivity (Wildman–Crippen MR) is 78.5 cm³/mol. The Balaban J connectivity index is 2.59. The zero-order valence-corrected chi connectivity index (χ0v) is 12.8. The van der Waals surface area contributed by atoms with Crippen LogP contribution in [0.1, 0.15) is 31.9 Å². The van der Waals surface area contributed by atoms with E-state index in [1.807, 2.05) is 19.9 Å². The van der Waals surface area contributed by atoms with E-state index in [2.05, 4.69) is 0 Å². The molecule has 1 rings (SSSR count). The zero-order chi connectivity index (χ0) is 14.5. The molecule has 108 valence electrons. The lowest BCUT2D eigenvalue weighted by molar-refractivity contribution is 0.341. The molecule has 1 atom stereocenters. The van der Waals surface area contributed by atoms with E-state index in [-0.39, 0.29) is 24.2 Å². The van der Waals surface area contributed by atoms with Crippen molar-refractivity contribution in [1.82, 2.24) is 0 Å². The van der Waals surface area contributed by atoms with Gasteiger partial charge in [0, 0.05) is 6.04 Å². The topological polar surface area (TPSA) is 69.4 Å². The van der Waals surface area contributed by atoms with E-state index in [4.69, 9.17) is 22.1 Å². The van der Waals surface area contributed by atoms with Crippen LogP contribution in [0.3, 0.4) is 0 Å². The highest BCUT2D eigenvalue weighted by atomic mass is 35.5. The van der Waals surface area contributed by atoms with Crippen LogP contribution in [0.15, 0.2) is 18.2 Å². The summed E-state index contributed by atoms with van der Waals surface area (Å²) in [5, 5.41) is 0.447. The van der Waals surface area contributed by atoms with Crippen molar-refractivity contribution in [1.29, 1.82) is 0 Å². The lowest BCUT2D eigenvalue weighted by atomic mass is 10.1. The maximum absolute atomic E-state index is 11.5. The van der Waals surface area contributed by atoms with Crippen LogP contribution < -0.4 is 10.5 Å². The van der Waals surface area contributed by atoms with Crippen LogP contribution in [0, 0.1) is 0 Å². The molecule has 0 saturated heterocycles. The van der Waals surface area contributed by atoms with Crippen molar-refractivity contribution in [2.45, 2.75) is 26.3 Å². The summed E-state index contributed by atoms with van der Waals surface area (Å²) in [5.74, 6) is 0.678. The van der Waals surface area contributed by atoms with Gasteiger partial charge >= 0.3 is 0 Å². The highest BCUT2D eigenvalue weighted by Gasteiger charge is 2.11. The van der Waals surface area contributed by atoms with Crippen molar-refractivity contribution in [2.24, 2.45) is 5.73 Å². The lowest BCUT2D eigenvalue weighted by Crippen LogP contribution is -2.16. The Morgan fingerprint density at radius 2 is 2.05 bits per heavy atom. The van der Waals surface area contributed by atoms with Gasteiger partial charge in [0.15, 0.2) is 9.84 Å². The number of hydrogen-bond acceptors (Lipinski definition) is 4. The number of sulfone groups is 1. The third-order valence-electron chi connectivity index (χ3n) is 2.65. The number of halogens is 1. The molecule has 1 aromatic rings. The van der Waals surface area contributed by atoms with Gasteiger partial charge in [-0.3, -0.25) is 0 Å². The van der Waals surface area contributed by atoms with E-state index in [1.165, 1.54) is 0 Å². The molecule has 0 saturated carbocycles. The van der Waals surface area contributed by atoms with Crippen molar-refractivity contribution in [3.63, 3.8) is 0 Å². The molecular formula is C13H20ClNO3S. The van der Waals surface area contributed by atoms with Crippen molar-refractivity contribution < 1.29 is 13.2 Å². The quantitative estimate of drug-likeness (QED) is 0.840. The number of nitrogens with two attached hydrogens (primary N) is 1. The van der Waals surface area contributed by atoms with Crippen LogP contribution in [0.4, 0.5) is 0 Å². The Morgan fingerprint density at radius 1 is 1.37 bits per heavy atom. The molecule has 0 aliphatic rings. The number of rotatable bonds is 7. The summed E-state index contributed by atoms with van der Waals surface area (Å²) in [6.07, 6.45) is 0.617. The zero-order valence-electron chi connectivity index (χ0n) is 11.2. The average Bonchev–Trinajstić information content (AvgIpc) is 2.30. The fourth-order valence-corrected chi connectivity index (χ4v) is 3.02. The molecule has 0 aromatic heterocycles. The summed E-state index contributed by atoms with van der Waals surface area (Å²) in [6.45, 7) is 3.81. The summed E-state index contributed by atoms with van der Waals surface area (Å²) in [6, 6.07) is 5.18. The second-order valence-corrected chi connectivity index (χ2v) is 7.19. The van der Waals surface area contributed by atoms with Crippen LogP contribution >= 0.6 is 11.6 Å². The maximum Gasteiger partial charge on any atom is 0.153 e. The molecule has 0 spiro atoms. The molecule has 0 fully saturated rings. The van der Waals surface area contributed by atoms with Crippen LogP contribution in [-0.4, -0.2) is 26.5 Å². The standard InChI is InChI=1S/C13H20ClNO3S/c1-3-7-19(16,17)8-6-18-13-5-4-11(10(2)15)9-12(13)14/h4-5,9-10H,3,6-8,15H2,1-2H3/t10-/m0/s1.